The van der Waals surface area contributed by atoms with Gasteiger partial charge in [-0.3, -0.25) is 4.79 Å². The number of aryl methyl sites for hydroxylation is 1. The van der Waals surface area contributed by atoms with Gasteiger partial charge in [-0.05, 0) is 62.9 Å². The van der Waals surface area contributed by atoms with E-state index in [0.717, 1.165) is 16.7 Å². The maximum atomic E-state index is 13.1. The van der Waals surface area contributed by atoms with Crippen molar-refractivity contribution in [3.63, 3.8) is 0 Å². The van der Waals surface area contributed by atoms with Gasteiger partial charge in [0.05, 0.1) is 5.57 Å². The molecule has 1 N–H and O–H groups in total. The Bertz CT molecular complexity index is 944. The first-order valence-electron chi connectivity index (χ1n) is 9.09. The van der Waals surface area contributed by atoms with E-state index in [2.05, 4.69) is 30.8 Å². The number of ether oxygens (including phenoxy) is 1. The van der Waals surface area contributed by atoms with E-state index in [-0.39, 0.29) is 11.5 Å². The molecule has 1 aliphatic heterocycles. The summed E-state index contributed by atoms with van der Waals surface area (Å²) in [5.74, 6) is -0.278. The zero-order valence-electron chi connectivity index (χ0n) is 16.6. The Morgan fingerprint density at radius 1 is 0.963 bits per heavy atom. The molecule has 3 heteroatoms. The molecule has 0 saturated heterocycles. The second-order valence-corrected chi connectivity index (χ2v) is 8.05. The van der Waals surface area contributed by atoms with Crippen molar-refractivity contribution in [2.24, 2.45) is 0 Å². The minimum atomic E-state index is -1.02. The predicted octanol–water partition coefficient (Wildman–Crippen LogP) is 5.73. The van der Waals surface area contributed by atoms with Crippen LogP contribution >= 0.6 is 0 Å². The number of aliphatic hydroxyl groups excluding tert-OH is 1. The highest BCUT2D eigenvalue weighted by molar-refractivity contribution is 6.26. The summed E-state index contributed by atoms with van der Waals surface area (Å²) >= 11 is 0. The largest absolute Gasteiger partial charge is 0.508 e. The summed E-state index contributed by atoms with van der Waals surface area (Å²) in [7, 11) is 0. The molecule has 1 heterocycles. The molecular weight excluding hydrogens is 336 g/mol. The van der Waals surface area contributed by atoms with E-state index < -0.39 is 11.2 Å². The van der Waals surface area contributed by atoms with Gasteiger partial charge in [0.2, 0.25) is 0 Å². The van der Waals surface area contributed by atoms with Crippen LogP contribution < -0.4 is 0 Å². The molecule has 0 radical (unpaired) electrons. The summed E-state index contributed by atoms with van der Waals surface area (Å²) in [4.78, 5) is 13.1. The Balaban J connectivity index is 2.25. The molecule has 0 aliphatic carbocycles. The van der Waals surface area contributed by atoms with E-state index in [0.29, 0.717) is 11.1 Å². The highest BCUT2D eigenvalue weighted by Gasteiger charge is 2.47. The Kier molecular flexibility index (Phi) is 4.61. The van der Waals surface area contributed by atoms with Gasteiger partial charge in [0.15, 0.2) is 5.78 Å². The molecule has 140 valence electrons. The first-order chi connectivity index (χ1) is 12.6. The number of benzene rings is 2. The number of hydrogen-bond donors (Lipinski definition) is 1. The Hall–Kier alpha value is -2.65. The molecule has 0 bridgehead atoms. The summed E-state index contributed by atoms with van der Waals surface area (Å²) in [6.07, 6.45) is 1.71. The van der Waals surface area contributed by atoms with Crippen LogP contribution in [0.2, 0.25) is 0 Å². The molecule has 27 heavy (non-hydrogen) atoms. The number of carbonyl (C=O) groups is 1. The number of hydrogen-bond acceptors (Lipinski definition) is 3. The molecule has 2 aromatic rings. The number of carbonyl (C=O) groups excluding carboxylic acids is 1. The molecule has 0 atom stereocenters. The number of aliphatic hydroxyl groups is 1. The van der Waals surface area contributed by atoms with Gasteiger partial charge in [0.25, 0.3) is 0 Å². The number of rotatable bonds is 3. The van der Waals surface area contributed by atoms with Crippen LogP contribution in [-0.4, -0.2) is 22.1 Å². The highest BCUT2D eigenvalue weighted by Crippen LogP contribution is 2.41. The van der Waals surface area contributed by atoms with E-state index in [1.807, 2.05) is 25.1 Å². The van der Waals surface area contributed by atoms with Crippen LogP contribution in [0.25, 0.3) is 22.8 Å². The van der Waals surface area contributed by atoms with E-state index in [4.69, 9.17) is 4.74 Å². The first kappa shape index (κ1) is 19.1. The summed E-state index contributed by atoms with van der Waals surface area (Å²) in [6, 6.07) is 14.1. The van der Waals surface area contributed by atoms with Gasteiger partial charge in [-0.15, -0.1) is 0 Å². The van der Waals surface area contributed by atoms with Gasteiger partial charge >= 0.3 is 0 Å². The zero-order chi connectivity index (χ0) is 20.0. The standard InChI is InChI=1S/C24H26O3/c1-7-16-12-13-18(17-10-8-15(2)9-11-17)14-19(16)20-21(25)23(3,4)27-24(5,6)22(20)26/h7-14,25H,1H2,2-6H3. The van der Waals surface area contributed by atoms with Crippen LogP contribution in [-0.2, 0) is 9.53 Å². The van der Waals surface area contributed by atoms with Crippen molar-refractivity contribution in [1.29, 1.82) is 0 Å². The smallest absolute Gasteiger partial charge is 0.198 e. The number of Topliss-reactive ketones (excluding diaryl/α,β-unsaturated/α-hetero) is 1. The SMILES string of the molecule is C=Cc1ccc(-c2ccc(C)cc2)cc1C1=C(O)C(C)(C)OC(C)(C)C1=O. The number of ketones is 1. The summed E-state index contributed by atoms with van der Waals surface area (Å²) in [5, 5.41) is 10.9. The van der Waals surface area contributed by atoms with Gasteiger partial charge in [0, 0.05) is 0 Å². The maximum Gasteiger partial charge on any atom is 0.198 e. The Labute approximate surface area is 161 Å². The zero-order valence-corrected chi connectivity index (χ0v) is 16.6. The topological polar surface area (TPSA) is 46.5 Å². The summed E-state index contributed by atoms with van der Waals surface area (Å²) < 4.78 is 5.86. The second kappa shape index (κ2) is 6.50. The average Bonchev–Trinajstić information content (AvgIpc) is 2.60. The lowest BCUT2D eigenvalue weighted by Crippen LogP contribution is -2.49. The van der Waals surface area contributed by atoms with Crippen molar-refractivity contribution in [3.8, 4) is 11.1 Å². The van der Waals surface area contributed by atoms with Gasteiger partial charge in [0.1, 0.15) is 17.0 Å². The van der Waals surface area contributed by atoms with Crippen molar-refractivity contribution in [3.05, 3.63) is 71.5 Å². The molecule has 0 fully saturated rings. The molecule has 0 saturated carbocycles. The molecule has 0 aromatic heterocycles. The lowest BCUT2D eigenvalue weighted by molar-refractivity contribution is -0.158. The van der Waals surface area contributed by atoms with Gasteiger partial charge in [-0.1, -0.05) is 54.6 Å². The summed E-state index contributed by atoms with van der Waals surface area (Å²) in [6.45, 7) is 12.9. The van der Waals surface area contributed by atoms with E-state index in [1.165, 1.54) is 5.56 Å². The van der Waals surface area contributed by atoms with E-state index in [1.54, 1.807) is 33.8 Å². The minimum Gasteiger partial charge on any atom is -0.508 e. The van der Waals surface area contributed by atoms with Crippen molar-refractivity contribution < 1.29 is 14.6 Å². The molecule has 2 aromatic carbocycles. The lowest BCUT2D eigenvalue weighted by Gasteiger charge is -2.40. The third-order valence-electron chi connectivity index (χ3n) is 5.02. The van der Waals surface area contributed by atoms with Crippen LogP contribution in [0.4, 0.5) is 0 Å². The fourth-order valence-electron chi connectivity index (χ4n) is 3.57. The van der Waals surface area contributed by atoms with Crippen LogP contribution in [0.3, 0.4) is 0 Å². The van der Waals surface area contributed by atoms with Gasteiger partial charge < -0.3 is 9.84 Å². The van der Waals surface area contributed by atoms with E-state index in [9.17, 15) is 9.90 Å². The lowest BCUT2D eigenvalue weighted by atomic mass is 9.81. The quantitative estimate of drug-likeness (QED) is 0.758. The molecule has 1 aliphatic rings. The molecule has 3 rings (SSSR count). The molecule has 3 nitrogen and oxygen atoms in total. The molecule has 0 spiro atoms. The molecule has 0 unspecified atom stereocenters. The normalized spacial score (nSPS) is 18.5. The van der Waals surface area contributed by atoms with Crippen molar-refractivity contribution in [2.45, 2.75) is 45.8 Å². The average molecular weight is 362 g/mol. The Morgan fingerprint density at radius 3 is 2.15 bits per heavy atom. The third kappa shape index (κ3) is 3.35. The van der Waals surface area contributed by atoms with Gasteiger partial charge in [-0.25, -0.2) is 0 Å². The van der Waals surface area contributed by atoms with Crippen LogP contribution in [0.1, 0.15) is 44.4 Å². The second-order valence-electron chi connectivity index (χ2n) is 8.05. The molecular formula is C24H26O3. The van der Waals surface area contributed by atoms with Crippen LogP contribution in [0.5, 0.6) is 0 Å². The molecule has 0 amide bonds. The van der Waals surface area contributed by atoms with Crippen molar-refractivity contribution in [1.82, 2.24) is 0 Å². The minimum absolute atomic E-state index is 0.0454. The predicted molar refractivity (Wildman–Crippen MR) is 111 cm³/mol. The van der Waals surface area contributed by atoms with Crippen molar-refractivity contribution >= 4 is 17.4 Å². The third-order valence-corrected chi connectivity index (χ3v) is 5.02. The first-order valence-corrected chi connectivity index (χ1v) is 9.09. The highest BCUT2D eigenvalue weighted by atomic mass is 16.5. The van der Waals surface area contributed by atoms with Crippen molar-refractivity contribution in [2.75, 3.05) is 0 Å². The van der Waals surface area contributed by atoms with Crippen LogP contribution in [0, 0.1) is 6.92 Å². The summed E-state index contributed by atoms with van der Waals surface area (Å²) in [5.41, 5.74) is 3.02. The monoisotopic (exact) mass is 362 g/mol. The van der Waals surface area contributed by atoms with E-state index >= 15 is 0 Å². The van der Waals surface area contributed by atoms with Gasteiger partial charge in [-0.2, -0.15) is 0 Å². The Morgan fingerprint density at radius 2 is 1.56 bits per heavy atom. The fourth-order valence-corrected chi connectivity index (χ4v) is 3.57. The van der Waals surface area contributed by atoms with Crippen LogP contribution in [0.15, 0.2) is 54.8 Å². The fraction of sp³-hybridized carbons (Fsp3) is 0.292. The maximum absolute atomic E-state index is 13.1.